The number of likely N-dealkylation sites (tertiary alicyclic amines) is 1. The SMILES string of the molecule is C=CCN(CCC)C(=O)[C@@H]1[C@H]2C(=O)N([C@@H](CO)C(C)C)C(C(=O)N(CC=C)C(C)(C)C)C23CC[C@H]1S3. The van der Waals surface area contributed by atoms with E-state index in [2.05, 4.69) is 13.2 Å². The molecule has 0 saturated carbocycles. The molecular formula is C28H45N3O4S. The summed E-state index contributed by atoms with van der Waals surface area (Å²) < 4.78 is -0.668. The minimum Gasteiger partial charge on any atom is -0.394 e. The van der Waals surface area contributed by atoms with Crippen molar-refractivity contribution in [1.29, 1.82) is 0 Å². The normalized spacial score (nSPS) is 29.9. The fourth-order valence-corrected chi connectivity index (χ4v) is 8.72. The highest BCUT2D eigenvalue weighted by Gasteiger charge is 2.75. The van der Waals surface area contributed by atoms with Gasteiger partial charge in [-0.1, -0.05) is 32.9 Å². The molecule has 2 bridgehead atoms. The minimum absolute atomic E-state index is 0.00825. The second kappa shape index (κ2) is 10.9. The van der Waals surface area contributed by atoms with E-state index >= 15 is 0 Å². The minimum atomic E-state index is -0.722. The van der Waals surface area contributed by atoms with Gasteiger partial charge in [0, 0.05) is 30.4 Å². The second-order valence-corrected chi connectivity index (χ2v) is 13.4. The van der Waals surface area contributed by atoms with Crippen molar-refractivity contribution < 1.29 is 19.5 Å². The van der Waals surface area contributed by atoms with Crippen LogP contribution in [0.15, 0.2) is 25.3 Å². The van der Waals surface area contributed by atoms with Gasteiger partial charge in [-0.05, 0) is 46.0 Å². The van der Waals surface area contributed by atoms with Crippen LogP contribution in [0.3, 0.4) is 0 Å². The Labute approximate surface area is 221 Å². The summed E-state index contributed by atoms with van der Waals surface area (Å²) in [6.45, 7) is 20.8. The molecule has 1 spiro atoms. The third kappa shape index (κ3) is 4.64. The smallest absolute Gasteiger partial charge is 0.247 e. The Morgan fingerprint density at radius 2 is 1.86 bits per heavy atom. The second-order valence-electron chi connectivity index (χ2n) is 11.8. The van der Waals surface area contributed by atoms with Crippen LogP contribution in [0, 0.1) is 17.8 Å². The molecule has 0 aromatic heterocycles. The third-order valence-electron chi connectivity index (χ3n) is 8.11. The number of carbonyl (C=O) groups excluding carboxylic acids is 3. The first-order chi connectivity index (χ1) is 16.9. The number of hydrogen-bond donors (Lipinski definition) is 1. The summed E-state index contributed by atoms with van der Waals surface area (Å²) in [5.74, 6) is -1.35. The maximum atomic E-state index is 14.4. The summed E-state index contributed by atoms with van der Waals surface area (Å²) in [5, 5.41) is 10.4. The van der Waals surface area contributed by atoms with Crippen LogP contribution in [0.25, 0.3) is 0 Å². The molecule has 0 aliphatic carbocycles. The Kier molecular flexibility index (Phi) is 8.71. The molecule has 0 radical (unpaired) electrons. The van der Waals surface area contributed by atoms with Crippen molar-refractivity contribution >= 4 is 29.5 Å². The molecule has 8 heteroatoms. The number of rotatable bonds is 11. The zero-order chi connectivity index (χ0) is 27.0. The Balaban J connectivity index is 2.13. The van der Waals surface area contributed by atoms with Gasteiger partial charge in [0.05, 0.1) is 29.2 Å². The quantitative estimate of drug-likeness (QED) is 0.424. The molecule has 3 heterocycles. The highest BCUT2D eigenvalue weighted by Crippen LogP contribution is 2.67. The average molecular weight is 520 g/mol. The van der Waals surface area contributed by atoms with Gasteiger partial charge in [-0.3, -0.25) is 14.4 Å². The molecule has 202 valence electrons. The van der Waals surface area contributed by atoms with Crippen LogP contribution in [0.2, 0.25) is 0 Å². The molecule has 0 aromatic carbocycles. The number of aliphatic hydroxyl groups excluding tert-OH is 1. The van der Waals surface area contributed by atoms with Crippen LogP contribution in [0.1, 0.15) is 60.8 Å². The lowest BCUT2D eigenvalue weighted by Crippen LogP contribution is -2.61. The molecule has 3 saturated heterocycles. The largest absolute Gasteiger partial charge is 0.394 e. The lowest BCUT2D eigenvalue weighted by Gasteiger charge is -2.44. The van der Waals surface area contributed by atoms with Crippen molar-refractivity contribution in [1.82, 2.24) is 14.7 Å². The standard InChI is InChI=1S/C28H45N3O4S/c1-9-14-29(15-10-2)24(33)21-20-12-13-28(36-20)22(21)25(34)31(19(17-32)18(4)5)23(28)26(35)30(16-11-3)27(6,7)8/h9,11,18-23,32H,1,3,10,12-17H2,2,4-8H3/t19-,20+,21-,22-,23?,28?/m0/s1. The number of aliphatic hydroxyl groups is 1. The molecule has 7 nitrogen and oxygen atoms in total. The zero-order valence-electron chi connectivity index (χ0n) is 22.9. The van der Waals surface area contributed by atoms with E-state index in [4.69, 9.17) is 0 Å². The summed E-state index contributed by atoms with van der Waals surface area (Å²) in [7, 11) is 0. The van der Waals surface area contributed by atoms with Gasteiger partial charge in [-0.25, -0.2) is 0 Å². The van der Waals surface area contributed by atoms with Crippen LogP contribution in [-0.2, 0) is 14.4 Å². The molecule has 36 heavy (non-hydrogen) atoms. The first kappa shape index (κ1) is 28.8. The Bertz CT molecular complexity index is 885. The van der Waals surface area contributed by atoms with E-state index in [9.17, 15) is 19.5 Å². The Morgan fingerprint density at radius 1 is 1.22 bits per heavy atom. The predicted molar refractivity (Wildman–Crippen MR) is 145 cm³/mol. The van der Waals surface area contributed by atoms with E-state index in [0.717, 1.165) is 12.8 Å². The number of carbonyl (C=O) groups is 3. The maximum Gasteiger partial charge on any atom is 0.247 e. The zero-order valence-corrected chi connectivity index (χ0v) is 23.7. The number of hydrogen-bond acceptors (Lipinski definition) is 5. The molecule has 6 atom stereocenters. The molecule has 3 aliphatic heterocycles. The first-order valence-corrected chi connectivity index (χ1v) is 14.2. The van der Waals surface area contributed by atoms with E-state index in [0.29, 0.717) is 26.1 Å². The van der Waals surface area contributed by atoms with Gasteiger partial charge in [-0.15, -0.1) is 24.9 Å². The molecule has 3 aliphatic rings. The lowest BCUT2D eigenvalue weighted by molar-refractivity contribution is -0.149. The molecule has 3 rings (SSSR count). The van der Waals surface area contributed by atoms with Gasteiger partial charge in [0.25, 0.3) is 0 Å². The van der Waals surface area contributed by atoms with Crippen LogP contribution in [0.5, 0.6) is 0 Å². The number of amides is 3. The maximum absolute atomic E-state index is 14.4. The fourth-order valence-electron chi connectivity index (χ4n) is 6.53. The van der Waals surface area contributed by atoms with Gasteiger partial charge >= 0.3 is 0 Å². The summed E-state index contributed by atoms with van der Waals surface area (Å²) >= 11 is 1.68. The molecule has 3 fully saturated rings. The van der Waals surface area contributed by atoms with E-state index in [1.165, 1.54) is 0 Å². The van der Waals surface area contributed by atoms with Crippen molar-refractivity contribution in [3.05, 3.63) is 25.3 Å². The molecule has 0 aromatic rings. The van der Waals surface area contributed by atoms with Crippen LogP contribution in [0.4, 0.5) is 0 Å². The van der Waals surface area contributed by atoms with Gasteiger partial charge in [0.2, 0.25) is 17.7 Å². The van der Waals surface area contributed by atoms with E-state index in [1.54, 1.807) is 33.7 Å². The Morgan fingerprint density at radius 3 is 2.36 bits per heavy atom. The van der Waals surface area contributed by atoms with Crippen LogP contribution >= 0.6 is 11.8 Å². The number of fused-ring (bicyclic) bond motifs is 1. The van der Waals surface area contributed by atoms with Crippen molar-refractivity contribution in [3.63, 3.8) is 0 Å². The summed E-state index contributed by atoms with van der Waals surface area (Å²) in [6, 6.07) is -1.21. The summed E-state index contributed by atoms with van der Waals surface area (Å²) in [5.41, 5.74) is -0.473. The number of thioether (sulfide) groups is 1. The molecule has 2 unspecified atom stereocenters. The van der Waals surface area contributed by atoms with Gasteiger partial charge < -0.3 is 19.8 Å². The van der Waals surface area contributed by atoms with E-state index < -0.39 is 34.2 Å². The predicted octanol–water partition coefficient (Wildman–Crippen LogP) is 3.33. The molecule has 1 N–H and O–H groups in total. The summed E-state index contributed by atoms with van der Waals surface area (Å²) in [6.07, 6.45) is 5.79. The number of nitrogens with zero attached hydrogens (tertiary/aromatic N) is 3. The average Bonchev–Trinajstić information content (AvgIpc) is 3.44. The van der Waals surface area contributed by atoms with Crippen LogP contribution in [-0.4, -0.2) is 91.4 Å². The summed E-state index contributed by atoms with van der Waals surface area (Å²) in [4.78, 5) is 47.9. The molecule has 3 amide bonds. The highest BCUT2D eigenvalue weighted by molar-refractivity contribution is 8.02. The van der Waals surface area contributed by atoms with Gasteiger partial charge in [0.1, 0.15) is 6.04 Å². The van der Waals surface area contributed by atoms with Crippen molar-refractivity contribution in [3.8, 4) is 0 Å². The highest BCUT2D eigenvalue weighted by atomic mass is 32.2. The third-order valence-corrected chi connectivity index (χ3v) is 10.1. The fraction of sp³-hybridized carbons (Fsp3) is 0.750. The monoisotopic (exact) mass is 519 g/mol. The first-order valence-electron chi connectivity index (χ1n) is 13.3. The van der Waals surface area contributed by atoms with Crippen LogP contribution < -0.4 is 0 Å². The lowest BCUT2D eigenvalue weighted by atomic mass is 9.70. The molecular weight excluding hydrogens is 474 g/mol. The van der Waals surface area contributed by atoms with Crippen molar-refractivity contribution in [2.24, 2.45) is 17.8 Å². The van der Waals surface area contributed by atoms with E-state index in [1.807, 2.05) is 46.4 Å². The van der Waals surface area contributed by atoms with Gasteiger partial charge in [-0.2, -0.15) is 0 Å². The Hall–Kier alpha value is -1.80. The van der Waals surface area contributed by atoms with Crippen molar-refractivity contribution in [2.75, 3.05) is 26.2 Å². The van der Waals surface area contributed by atoms with Crippen molar-refractivity contribution in [2.45, 2.75) is 88.4 Å². The van der Waals surface area contributed by atoms with E-state index in [-0.39, 0.29) is 35.5 Å². The topological polar surface area (TPSA) is 81.2 Å². The van der Waals surface area contributed by atoms with Gasteiger partial charge in [0.15, 0.2) is 0 Å².